The lowest BCUT2D eigenvalue weighted by atomic mass is 10.3. The van der Waals surface area contributed by atoms with Crippen molar-refractivity contribution in [1.29, 1.82) is 0 Å². The minimum atomic E-state index is -0.0786. The van der Waals surface area contributed by atoms with Gasteiger partial charge in [0.2, 0.25) is 5.95 Å². The minimum absolute atomic E-state index is 0.0786. The number of rotatable bonds is 1. The van der Waals surface area contributed by atoms with E-state index in [9.17, 15) is 4.79 Å². The maximum absolute atomic E-state index is 11.6. The van der Waals surface area contributed by atoms with Crippen LogP contribution in [0.4, 0.5) is 5.95 Å². The molecule has 0 spiro atoms. The number of hydrogen-bond acceptors (Lipinski definition) is 4. The highest BCUT2D eigenvalue weighted by Gasteiger charge is 2.02. The van der Waals surface area contributed by atoms with Gasteiger partial charge in [0.1, 0.15) is 0 Å². The molecule has 0 radical (unpaired) electrons. The Balaban J connectivity index is 2.81. The normalized spacial score (nSPS) is 10.4. The Bertz CT molecular complexity index is 532. The molecule has 0 aliphatic heterocycles. The lowest BCUT2D eigenvalue weighted by Gasteiger charge is -2.01. The first-order valence-electron chi connectivity index (χ1n) is 4.22. The van der Waals surface area contributed by atoms with E-state index in [1.54, 1.807) is 26.4 Å². The molecular weight excluding hydrogens is 180 g/mol. The fraction of sp³-hybridized carbons (Fsp3) is 0.222. The number of hydrogen-bond donors (Lipinski definition) is 1. The predicted octanol–water partition coefficient (Wildman–Crippen LogP) is 0.370. The summed E-state index contributed by atoms with van der Waals surface area (Å²) in [5, 5.41) is 3.36. The van der Waals surface area contributed by atoms with Gasteiger partial charge >= 0.3 is 0 Å². The van der Waals surface area contributed by atoms with Gasteiger partial charge in [-0.05, 0) is 6.07 Å². The monoisotopic (exact) mass is 190 g/mol. The third kappa shape index (κ3) is 1.22. The van der Waals surface area contributed by atoms with Crippen molar-refractivity contribution in [1.82, 2.24) is 14.5 Å². The fourth-order valence-electron chi connectivity index (χ4n) is 1.25. The molecule has 0 atom stereocenters. The second kappa shape index (κ2) is 3.10. The molecule has 0 bridgehead atoms. The molecule has 0 aliphatic rings. The molecule has 1 N–H and O–H groups in total. The van der Waals surface area contributed by atoms with Crippen LogP contribution in [-0.2, 0) is 7.05 Å². The summed E-state index contributed by atoms with van der Waals surface area (Å²) in [4.78, 5) is 19.7. The lowest BCUT2D eigenvalue weighted by Crippen LogP contribution is -2.16. The van der Waals surface area contributed by atoms with E-state index in [4.69, 9.17) is 0 Å². The number of pyridine rings is 1. The molecule has 72 valence electrons. The van der Waals surface area contributed by atoms with Crippen LogP contribution in [-0.4, -0.2) is 21.6 Å². The van der Waals surface area contributed by atoms with Gasteiger partial charge in [-0.1, -0.05) is 0 Å². The van der Waals surface area contributed by atoms with Crippen molar-refractivity contribution in [2.75, 3.05) is 12.4 Å². The van der Waals surface area contributed by atoms with Gasteiger partial charge in [-0.2, -0.15) is 0 Å². The lowest BCUT2D eigenvalue weighted by molar-refractivity contribution is 0.870. The molecule has 0 saturated heterocycles. The summed E-state index contributed by atoms with van der Waals surface area (Å²) in [5.41, 5.74) is 0.581. The van der Waals surface area contributed by atoms with Crippen LogP contribution >= 0.6 is 0 Å². The number of nitrogens with one attached hydrogen (secondary N) is 1. The van der Waals surface area contributed by atoms with E-state index in [1.807, 2.05) is 0 Å². The molecule has 2 aromatic heterocycles. The van der Waals surface area contributed by atoms with E-state index < -0.39 is 0 Å². The molecule has 0 unspecified atom stereocenters. The Hall–Kier alpha value is -1.91. The average molecular weight is 190 g/mol. The second-order valence-electron chi connectivity index (χ2n) is 2.97. The van der Waals surface area contributed by atoms with Crippen LogP contribution < -0.4 is 10.9 Å². The van der Waals surface area contributed by atoms with Gasteiger partial charge in [0.25, 0.3) is 5.56 Å². The molecule has 0 saturated carbocycles. The highest BCUT2D eigenvalue weighted by molar-refractivity contribution is 5.77. The quantitative estimate of drug-likeness (QED) is 0.705. The van der Waals surface area contributed by atoms with Crippen LogP contribution in [0.1, 0.15) is 0 Å². The summed E-state index contributed by atoms with van der Waals surface area (Å²) in [6.45, 7) is 0. The van der Waals surface area contributed by atoms with Crippen molar-refractivity contribution in [2.24, 2.45) is 7.05 Å². The zero-order chi connectivity index (χ0) is 10.1. The van der Waals surface area contributed by atoms with Gasteiger partial charge in [0, 0.05) is 26.5 Å². The number of aromatic nitrogens is 3. The van der Waals surface area contributed by atoms with Crippen molar-refractivity contribution in [3.05, 3.63) is 28.8 Å². The molecular formula is C9H10N4O. The summed E-state index contributed by atoms with van der Waals surface area (Å²) in [6.07, 6.45) is 3.23. The van der Waals surface area contributed by atoms with E-state index in [0.29, 0.717) is 16.9 Å². The standard InChI is InChI=1S/C9H10N4O/c1-10-9-11-5-6-7(12-9)3-4-13(2)8(6)14/h3-5H,1-2H3,(H,10,11,12). The Morgan fingerprint density at radius 2 is 2.29 bits per heavy atom. The molecule has 0 aromatic carbocycles. The van der Waals surface area contributed by atoms with Gasteiger partial charge in [0.05, 0.1) is 10.9 Å². The summed E-state index contributed by atoms with van der Waals surface area (Å²) in [7, 11) is 3.44. The molecule has 5 nitrogen and oxygen atoms in total. The van der Waals surface area contributed by atoms with Crippen molar-refractivity contribution in [3.8, 4) is 0 Å². The van der Waals surface area contributed by atoms with Crippen LogP contribution in [0.2, 0.25) is 0 Å². The minimum Gasteiger partial charge on any atom is -0.357 e. The van der Waals surface area contributed by atoms with Gasteiger partial charge in [0.15, 0.2) is 0 Å². The summed E-state index contributed by atoms with van der Waals surface area (Å²) < 4.78 is 1.50. The second-order valence-corrected chi connectivity index (χ2v) is 2.97. The first-order valence-corrected chi connectivity index (χ1v) is 4.22. The highest BCUT2D eigenvalue weighted by atomic mass is 16.1. The number of anilines is 1. The zero-order valence-corrected chi connectivity index (χ0v) is 7.98. The van der Waals surface area contributed by atoms with Crippen molar-refractivity contribution in [2.45, 2.75) is 0 Å². The van der Waals surface area contributed by atoms with E-state index in [1.165, 1.54) is 10.8 Å². The predicted molar refractivity (Wildman–Crippen MR) is 54.3 cm³/mol. The van der Waals surface area contributed by atoms with Crippen LogP contribution in [0, 0.1) is 0 Å². The maximum atomic E-state index is 11.6. The Kier molecular flexibility index (Phi) is 1.92. The first-order chi connectivity index (χ1) is 6.72. The summed E-state index contributed by atoms with van der Waals surface area (Å²) in [5.74, 6) is 0.519. The van der Waals surface area contributed by atoms with Gasteiger partial charge in [-0.3, -0.25) is 4.79 Å². The van der Waals surface area contributed by atoms with E-state index in [2.05, 4.69) is 15.3 Å². The molecule has 2 heterocycles. The van der Waals surface area contributed by atoms with Crippen LogP contribution in [0.25, 0.3) is 10.9 Å². The largest absolute Gasteiger partial charge is 0.357 e. The third-order valence-electron chi connectivity index (χ3n) is 2.05. The van der Waals surface area contributed by atoms with Crippen molar-refractivity contribution < 1.29 is 0 Å². The number of fused-ring (bicyclic) bond motifs is 1. The highest BCUT2D eigenvalue weighted by Crippen LogP contribution is 2.06. The average Bonchev–Trinajstić information content (AvgIpc) is 2.23. The Labute approximate surface area is 80.4 Å². The van der Waals surface area contributed by atoms with Crippen LogP contribution in [0.5, 0.6) is 0 Å². The van der Waals surface area contributed by atoms with Crippen LogP contribution in [0.15, 0.2) is 23.3 Å². The Morgan fingerprint density at radius 1 is 1.50 bits per heavy atom. The maximum Gasteiger partial charge on any atom is 0.261 e. The van der Waals surface area contributed by atoms with Gasteiger partial charge < -0.3 is 9.88 Å². The van der Waals surface area contributed by atoms with E-state index in [0.717, 1.165) is 0 Å². The smallest absolute Gasteiger partial charge is 0.261 e. The molecule has 2 rings (SSSR count). The molecule has 0 aliphatic carbocycles. The third-order valence-corrected chi connectivity index (χ3v) is 2.05. The van der Waals surface area contributed by atoms with Gasteiger partial charge in [-0.15, -0.1) is 0 Å². The molecule has 5 heteroatoms. The number of aryl methyl sites for hydroxylation is 1. The van der Waals surface area contributed by atoms with Gasteiger partial charge in [-0.25, -0.2) is 9.97 Å². The topological polar surface area (TPSA) is 59.8 Å². The molecule has 0 fully saturated rings. The molecule has 2 aromatic rings. The number of nitrogens with zero attached hydrogens (tertiary/aromatic N) is 3. The van der Waals surface area contributed by atoms with Crippen molar-refractivity contribution >= 4 is 16.9 Å². The molecule has 14 heavy (non-hydrogen) atoms. The van der Waals surface area contributed by atoms with E-state index in [-0.39, 0.29) is 5.56 Å². The summed E-state index contributed by atoms with van der Waals surface area (Å²) >= 11 is 0. The van der Waals surface area contributed by atoms with Crippen LogP contribution in [0.3, 0.4) is 0 Å². The SMILES string of the molecule is CNc1ncc2c(=O)n(C)ccc2n1. The Morgan fingerprint density at radius 3 is 3.00 bits per heavy atom. The van der Waals surface area contributed by atoms with Crippen molar-refractivity contribution in [3.63, 3.8) is 0 Å². The molecule has 0 amide bonds. The summed E-state index contributed by atoms with van der Waals surface area (Å²) in [6, 6.07) is 1.79. The zero-order valence-electron chi connectivity index (χ0n) is 7.98. The fourth-order valence-corrected chi connectivity index (χ4v) is 1.25. The first kappa shape index (κ1) is 8.68. The van der Waals surface area contributed by atoms with E-state index >= 15 is 0 Å².